The summed E-state index contributed by atoms with van der Waals surface area (Å²) in [5, 5.41) is 16.5. The Hall–Kier alpha value is -3.67. The second-order valence-corrected chi connectivity index (χ2v) is 9.41. The number of anilines is 4. The van der Waals surface area contributed by atoms with E-state index in [-0.39, 0.29) is 11.9 Å². The van der Waals surface area contributed by atoms with E-state index in [2.05, 4.69) is 52.3 Å². The molecule has 4 rings (SSSR count). The lowest BCUT2D eigenvalue weighted by molar-refractivity contribution is 0.0944. The number of halogens is 1. The Morgan fingerprint density at radius 2 is 1.89 bits per heavy atom. The molecule has 0 saturated carbocycles. The third-order valence-electron chi connectivity index (χ3n) is 5.67. The first kappa shape index (κ1) is 25.4. The predicted molar refractivity (Wildman–Crippen MR) is 143 cm³/mol. The minimum atomic E-state index is -0.147. The van der Waals surface area contributed by atoms with Crippen molar-refractivity contribution in [1.82, 2.24) is 30.0 Å². The van der Waals surface area contributed by atoms with E-state index >= 15 is 0 Å². The highest BCUT2D eigenvalue weighted by atomic mass is 79.9. The van der Waals surface area contributed by atoms with E-state index in [0.717, 1.165) is 41.8 Å². The zero-order valence-corrected chi connectivity index (χ0v) is 21.9. The number of nitrogens with zero attached hydrogens (tertiary/aromatic N) is 5. The van der Waals surface area contributed by atoms with Gasteiger partial charge in [0.2, 0.25) is 5.95 Å². The number of carbonyl (C=O) groups is 2. The first-order valence-electron chi connectivity index (χ1n) is 11.9. The summed E-state index contributed by atoms with van der Waals surface area (Å²) in [5.74, 6) is 0.912. The highest BCUT2D eigenvalue weighted by molar-refractivity contribution is 9.10. The third kappa shape index (κ3) is 6.72. The van der Waals surface area contributed by atoms with Gasteiger partial charge in [0.1, 0.15) is 11.5 Å². The molecule has 1 aromatic carbocycles. The van der Waals surface area contributed by atoms with Gasteiger partial charge in [-0.2, -0.15) is 10.1 Å². The Kier molecular flexibility index (Phi) is 8.36. The summed E-state index contributed by atoms with van der Waals surface area (Å²) in [4.78, 5) is 35.3. The van der Waals surface area contributed by atoms with Crippen LogP contribution in [0.3, 0.4) is 0 Å². The zero-order valence-electron chi connectivity index (χ0n) is 20.3. The smallest absolute Gasteiger partial charge is 0.321 e. The molecule has 4 N–H and O–H groups in total. The number of benzene rings is 1. The predicted octanol–water partition coefficient (Wildman–Crippen LogP) is 3.88. The van der Waals surface area contributed by atoms with Crippen molar-refractivity contribution in [3.8, 4) is 0 Å². The molecule has 3 heterocycles. The SMILES string of the molecule is Cc1cc(C(=O)NCCCNc2nc(Nc3cccc(NC(=O)N4CCCC4)c3)ncc2Br)n(C)n1. The van der Waals surface area contributed by atoms with Crippen LogP contribution in [0.4, 0.5) is 27.9 Å². The van der Waals surface area contributed by atoms with Gasteiger partial charge in [-0.25, -0.2) is 9.78 Å². The lowest BCUT2D eigenvalue weighted by Crippen LogP contribution is -2.32. The molecule has 3 amide bonds. The van der Waals surface area contributed by atoms with Crippen molar-refractivity contribution in [3.05, 3.63) is 52.4 Å². The second-order valence-electron chi connectivity index (χ2n) is 8.55. The van der Waals surface area contributed by atoms with Crippen LogP contribution in [0.1, 0.15) is 35.4 Å². The number of nitrogens with one attached hydrogen (secondary N) is 4. The quantitative estimate of drug-likeness (QED) is 0.295. The lowest BCUT2D eigenvalue weighted by Gasteiger charge is -2.16. The van der Waals surface area contributed by atoms with Crippen LogP contribution >= 0.6 is 15.9 Å². The Morgan fingerprint density at radius 3 is 2.64 bits per heavy atom. The topological polar surface area (TPSA) is 129 Å². The van der Waals surface area contributed by atoms with Crippen molar-refractivity contribution in [1.29, 1.82) is 0 Å². The number of carbonyl (C=O) groups excluding carboxylic acids is 2. The highest BCUT2D eigenvalue weighted by Gasteiger charge is 2.18. The minimum absolute atomic E-state index is 0.0809. The lowest BCUT2D eigenvalue weighted by atomic mass is 10.3. The van der Waals surface area contributed by atoms with Gasteiger partial charge >= 0.3 is 6.03 Å². The van der Waals surface area contributed by atoms with Gasteiger partial charge in [0.15, 0.2) is 0 Å². The maximum Gasteiger partial charge on any atom is 0.321 e. The number of aryl methyl sites for hydroxylation is 2. The van der Waals surface area contributed by atoms with E-state index in [1.807, 2.05) is 36.1 Å². The van der Waals surface area contributed by atoms with Crippen molar-refractivity contribution in [2.45, 2.75) is 26.2 Å². The van der Waals surface area contributed by atoms with Crippen molar-refractivity contribution in [2.75, 3.05) is 42.1 Å². The van der Waals surface area contributed by atoms with Crippen molar-refractivity contribution in [2.24, 2.45) is 7.05 Å². The third-order valence-corrected chi connectivity index (χ3v) is 6.25. The molecule has 0 spiro atoms. The Bertz CT molecular complexity index is 1220. The molecule has 11 nitrogen and oxygen atoms in total. The molecule has 0 unspecified atom stereocenters. The first-order valence-corrected chi connectivity index (χ1v) is 12.7. The molecule has 0 bridgehead atoms. The number of aromatic nitrogens is 4. The van der Waals surface area contributed by atoms with Gasteiger partial charge in [-0.1, -0.05) is 6.07 Å². The molecule has 12 heteroatoms. The number of rotatable bonds is 9. The van der Waals surface area contributed by atoms with Crippen LogP contribution in [0, 0.1) is 6.92 Å². The van der Waals surface area contributed by atoms with E-state index < -0.39 is 0 Å². The van der Waals surface area contributed by atoms with Crippen LogP contribution in [-0.4, -0.2) is 62.8 Å². The molecule has 0 radical (unpaired) electrons. The second kappa shape index (κ2) is 11.8. The molecule has 2 aromatic heterocycles. The van der Waals surface area contributed by atoms with Crippen molar-refractivity contribution >= 4 is 51.0 Å². The van der Waals surface area contributed by atoms with Gasteiger partial charge < -0.3 is 26.2 Å². The summed E-state index contributed by atoms with van der Waals surface area (Å²) in [6, 6.07) is 9.12. The van der Waals surface area contributed by atoms with Crippen molar-refractivity contribution < 1.29 is 9.59 Å². The standard InChI is InChI=1S/C24H30BrN9O2/c1-16-13-20(33(2)32-16)22(35)27-10-6-9-26-21-19(25)15-28-23(31-21)29-17-7-5-8-18(14-17)30-24(36)34-11-3-4-12-34/h5,7-8,13-15H,3-4,6,9-12H2,1-2H3,(H,27,35)(H,30,36)(H2,26,28,29,31). The molecule has 1 aliphatic rings. The summed E-state index contributed by atoms with van der Waals surface area (Å²) in [5.41, 5.74) is 2.81. The first-order chi connectivity index (χ1) is 17.4. The van der Waals surface area contributed by atoms with Gasteiger partial charge in [0, 0.05) is 50.8 Å². The zero-order chi connectivity index (χ0) is 25.5. The monoisotopic (exact) mass is 555 g/mol. The molecule has 0 atom stereocenters. The summed E-state index contributed by atoms with van der Waals surface area (Å²) in [6.45, 7) is 4.57. The summed E-state index contributed by atoms with van der Waals surface area (Å²) < 4.78 is 2.31. The Labute approximate surface area is 218 Å². The van der Waals surface area contributed by atoms with Crippen LogP contribution in [0.15, 0.2) is 41.0 Å². The molecule has 36 heavy (non-hydrogen) atoms. The molecule has 3 aromatic rings. The fourth-order valence-corrected chi connectivity index (χ4v) is 4.22. The van der Waals surface area contributed by atoms with Crippen LogP contribution in [0.2, 0.25) is 0 Å². The van der Waals surface area contributed by atoms with Crippen LogP contribution in [0.25, 0.3) is 0 Å². The Balaban J connectivity index is 1.27. The summed E-state index contributed by atoms with van der Waals surface area (Å²) >= 11 is 3.47. The Morgan fingerprint density at radius 1 is 1.11 bits per heavy atom. The van der Waals surface area contributed by atoms with Gasteiger partial charge in [0.25, 0.3) is 5.91 Å². The molecule has 1 saturated heterocycles. The molecule has 0 aliphatic carbocycles. The van der Waals surface area contributed by atoms with E-state index in [1.54, 1.807) is 24.0 Å². The summed E-state index contributed by atoms with van der Waals surface area (Å²) in [7, 11) is 1.75. The van der Waals surface area contributed by atoms with E-state index in [0.29, 0.717) is 42.7 Å². The molecule has 190 valence electrons. The maximum absolute atomic E-state index is 12.4. The number of urea groups is 1. The van der Waals surface area contributed by atoms with Crippen LogP contribution < -0.4 is 21.3 Å². The largest absolute Gasteiger partial charge is 0.369 e. The van der Waals surface area contributed by atoms with Gasteiger partial charge in [-0.15, -0.1) is 0 Å². The van der Waals surface area contributed by atoms with Gasteiger partial charge in [-0.3, -0.25) is 9.48 Å². The number of hydrogen-bond donors (Lipinski definition) is 4. The molecule has 1 fully saturated rings. The van der Waals surface area contributed by atoms with Crippen molar-refractivity contribution in [3.63, 3.8) is 0 Å². The summed E-state index contributed by atoms with van der Waals surface area (Å²) in [6.07, 6.45) is 4.47. The minimum Gasteiger partial charge on any atom is -0.369 e. The van der Waals surface area contributed by atoms with Crippen LogP contribution in [0.5, 0.6) is 0 Å². The van der Waals surface area contributed by atoms with E-state index in [1.165, 1.54) is 0 Å². The number of likely N-dealkylation sites (tertiary alicyclic amines) is 1. The van der Waals surface area contributed by atoms with E-state index in [9.17, 15) is 9.59 Å². The number of hydrogen-bond acceptors (Lipinski definition) is 7. The fraction of sp³-hybridized carbons (Fsp3) is 0.375. The van der Waals surface area contributed by atoms with E-state index in [4.69, 9.17) is 0 Å². The average Bonchev–Trinajstić information content (AvgIpc) is 3.50. The van der Waals surface area contributed by atoms with Gasteiger partial charge in [0.05, 0.1) is 10.2 Å². The molecular formula is C24H30BrN9O2. The van der Waals surface area contributed by atoms with Crippen LogP contribution in [-0.2, 0) is 7.05 Å². The normalized spacial score (nSPS) is 12.9. The highest BCUT2D eigenvalue weighted by Crippen LogP contribution is 2.23. The molecular weight excluding hydrogens is 526 g/mol. The fourth-order valence-electron chi connectivity index (χ4n) is 3.89. The maximum atomic E-state index is 12.4. The molecule has 1 aliphatic heterocycles. The number of amides is 3. The average molecular weight is 556 g/mol. The van der Waals surface area contributed by atoms with Gasteiger partial charge in [-0.05, 0) is 66.4 Å².